The molecule has 0 saturated carbocycles. The number of phosphoric ester groups is 3. The summed E-state index contributed by atoms with van der Waals surface area (Å²) in [5, 5.41) is 35.0. The molecule has 4 aromatic rings. The van der Waals surface area contributed by atoms with Crippen LogP contribution in [0.2, 0.25) is 0 Å². The van der Waals surface area contributed by atoms with Crippen LogP contribution in [0.5, 0.6) is 0 Å². The molecule has 43 heteroatoms. The van der Waals surface area contributed by atoms with E-state index >= 15 is 0 Å². The number of methoxy groups -OCH3 is 2. The second kappa shape index (κ2) is 23.5. The van der Waals surface area contributed by atoms with E-state index < -0.39 is 136 Å². The highest BCUT2D eigenvalue weighted by molar-refractivity contribution is 7.66. The number of rotatable bonds is 24. The molecule has 0 aliphatic carbocycles. The van der Waals surface area contributed by atoms with Gasteiger partial charge in [-0.25, -0.2) is 38.2 Å². The van der Waals surface area contributed by atoms with Crippen molar-refractivity contribution in [2.45, 2.75) is 73.6 Å². The molecule has 78 heavy (non-hydrogen) atoms. The van der Waals surface area contributed by atoms with Gasteiger partial charge < -0.3 is 96.6 Å². The lowest BCUT2D eigenvalue weighted by atomic mass is 10.1. The van der Waals surface area contributed by atoms with Crippen LogP contribution in [0.15, 0.2) is 36.2 Å². The number of carbonyl (C=O) groups is 1. The van der Waals surface area contributed by atoms with Crippen molar-refractivity contribution in [3.05, 3.63) is 47.4 Å². The van der Waals surface area contributed by atoms with Gasteiger partial charge in [0.05, 0.1) is 38.3 Å². The predicted octanol–water partition coefficient (Wildman–Crippen LogP) is -3.58. The fraction of sp³-hybridized carbons (Fsp3) is 0.571. The van der Waals surface area contributed by atoms with Crippen LogP contribution in [0, 0.1) is 0 Å². The van der Waals surface area contributed by atoms with E-state index in [4.69, 9.17) is 64.7 Å². The van der Waals surface area contributed by atoms with E-state index in [-0.39, 0.29) is 51.8 Å². The molecular formula is C35H55N15O24P4. The number of imidazole rings is 2. The lowest BCUT2D eigenvalue weighted by Gasteiger charge is -2.30. The molecule has 7 heterocycles. The van der Waals surface area contributed by atoms with Gasteiger partial charge in [-0.1, -0.05) is 6.58 Å². The van der Waals surface area contributed by atoms with Gasteiger partial charge in [0.1, 0.15) is 78.3 Å². The number of aliphatic hydroxyl groups excluding tert-OH is 3. The third-order valence-corrected chi connectivity index (χ3v) is 16.9. The average Bonchev–Trinajstić information content (AvgIpc) is 4.20. The van der Waals surface area contributed by atoms with Crippen LogP contribution in [0.1, 0.15) is 22.9 Å². The number of phosphoric acid groups is 4. The molecule has 0 radical (unpaired) electrons. The van der Waals surface area contributed by atoms with Crippen molar-refractivity contribution in [2.24, 2.45) is 5.73 Å². The molecule has 4 aromatic heterocycles. The lowest BCUT2D eigenvalue weighted by Crippen LogP contribution is -2.44. The number of nitrogens with two attached hydrogens (primary N) is 4. The largest absolute Gasteiger partial charge is 0.490 e. The molecule has 434 valence electrons. The summed E-state index contributed by atoms with van der Waals surface area (Å²) >= 11 is 0. The summed E-state index contributed by atoms with van der Waals surface area (Å²) in [6.07, 6.45) is -16.1. The second-order valence-corrected chi connectivity index (χ2v) is 23.2. The number of aromatic nitrogens is 8. The molecule has 3 aliphatic heterocycles. The number of amides is 1. The second-order valence-electron chi connectivity index (χ2n) is 17.1. The maximum Gasteiger partial charge on any atom is 0.490 e. The number of nitrogens with zero attached hydrogens (tertiary/aromatic N) is 9. The maximum atomic E-state index is 13.7. The SMILES string of the molecule is C=C(N)NC(=O)c1ncn(C2OC(COP(=O)(O)OC3C(COP(=O)(O)OP(=O)(O)OP(=O)(O)OCC4OC(N(C)c5nc(N)[nH]c(=O)c5N(C)C)C(O)C4OC)OC(n4cnc5c(N)ncnc54)C3OC)C(O)C2O)c1N. The number of likely N-dealkylation sites (N-methyl/N-ethyl adjacent to an activating group) is 1. The molecule has 3 aliphatic rings. The van der Waals surface area contributed by atoms with Gasteiger partial charge in [0, 0.05) is 35.4 Å². The first-order chi connectivity index (χ1) is 36.4. The first kappa shape index (κ1) is 60.5. The van der Waals surface area contributed by atoms with E-state index in [0.717, 1.165) is 37.8 Å². The van der Waals surface area contributed by atoms with Gasteiger partial charge in [-0.05, 0) is 0 Å². The molecule has 7 rings (SSSR count). The zero-order chi connectivity index (χ0) is 57.6. The molecule has 0 bridgehead atoms. The molecular weight excluding hydrogens is 1140 g/mol. The van der Waals surface area contributed by atoms with Gasteiger partial charge in [-0.15, -0.1) is 0 Å². The molecule has 39 nitrogen and oxygen atoms in total. The van der Waals surface area contributed by atoms with Crippen LogP contribution in [-0.4, -0.2) is 196 Å². The summed E-state index contributed by atoms with van der Waals surface area (Å²) in [4.78, 5) is 92.8. The van der Waals surface area contributed by atoms with E-state index in [0.29, 0.717) is 0 Å². The van der Waals surface area contributed by atoms with Crippen molar-refractivity contribution in [3.63, 3.8) is 0 Å². The number of aliphatic hydroxyl groups is 3. The van der Waals surface area contributed by atoms with Gasteiger partial charge in [0.2, 0.25) is 5.95 Å². The Labute approximate surface area is 438 Å². The zero-order valence-corrected chi connectivity index (χ0v) is 44.8. The van der Waals surface area contributed by atoms with Crippen LogP contribution in [0.4, 0.5) is 29.1 Å². The summed E-state index contributed by atoms with van der Waals surface area (Å²) < 4.78 is 112. The topological polar surface area (TPSA) is 558 Å². The summed E-state index contributed by atoms with van der Waals surface area (Å²) in [6.45, 7) is 0.0588. The fourth-order valence-electron chi connectivity index (χ4n) is 8.27. The highest BCUT2D eigenvalue weighted by Crippen LogP contribution is 2.68. The number of ether oxygens (including phenoxy) is 5. The first-order valence-corrected chi connectivity index (χ1v) is 28.1. The third-order valence-electron chi connectivity index (χ3n) is 11.7. The molecule has 17 N–H and O–H groups in total. The summed E-state index contributed by atoms with van der Waals surface area (Å²) in [6, 6.07) is 0. The van der Waals surface area contributed by atoms with Crippen molar-refractivity contribution >= 4 is 77.5 Å². The van der Waals surface area contributed by atoms with Crippen molar-refractivity contribution < 1.29 is 108 Å². The Hall–Kier alpha value is -5.15. The smallest absolute Gasteiger partial charge is 0.387 e. The number of hydrogen-bond donors (Lipinski definition) is 13. The third kappa shape index (κ3) is 13.2. The predicted molar refractivity (Wildman–Crippen MR) is 259 cm³/mol. The van der Waals surface area contributed by atoms with Gasteiger partial charge in [0.25, 0.3) is 11.5 Å². The molecule has 3 fully saturated rings. The van der Waals surface area contributed by atoms with Gasteiger partial charge in [-0.3, -0.25) is 41.8 Å². The van der Waals surface area contributed by atoms with Crippen molar-refractivity contribution in [1.82, 2.24) is 44.4 Å². The van der Waals surface area contributed by atoms with Crippen molar-refractivity contribution in [1.29, 1.82) is 0 Å². The van der Waals surface area contributed by atoms with Crippen molar-refractivity contribution in [2.75, 3.05) is 82.2 Å². The van der Waals surface area contributed by atoms with Crippen LogP contribution < -0.4 is 43.6 Å². The van der Waals surface area contributed by atoms with E-state index in [1.807, 2.05) is 0 Å². The van der Waals surface area contributed by atoms with Crippen LogP contribution in [-0.2, 0) is 68.7 Å². The summed E-state index contributed by atoms with van der Waals surface area (Å²) in [7, 11) is -16.8. The number of fused-ring (bicyclic) bond motifs is 1. The Morgan fingerprint density at radius 3 is 1.95 bits per heavy atom. The number of anilines is 5. The number of H-pyrrole nitrogens is 1. The highest BCUT2D eigenvalue weighted by atomic mass is 31.3. The minimum absolute atomic E-state index is 0.00158. The average molecular weight is 1190 g/mol. The van der Waals surface area contributed by atoms with Crippen LogP contribution in [0.25, 0.3) is 11.2 Å². The van der Waals surface area contributed by atoms with Crippen molar-refractivity contribution in [3.8, 4) is 0 Å². The first-order valence-electron chi connectivity index (χ1n) is 22.1. The molecule has 3 saturated heterocycles. The molecule has 16 unspecified atom stereocenters. The van der Waals surface area contributed by atoms with E-state index in [1.54, 1.807) is 0 Å². The lowest BCUT2D eigenvalue weighted by molar-refractivity contribution is -0.0586. The van der Waals surface area contributed by atoms with E-state index in [9.17, 15) is 62.7 Å². The molecule has 0 aromatic carbocycles. The quantitative estimate of drug-likeness (QED) is 0.0302. The molecule has 16 atom stereocenters. The van der Waals surface area contributed by atoms with Crippen LogP contribution >= 0.6 is 31.3 Å². The minimum Gasteiger partial charge on any atom is -0.387 e. The Morgan fingerprint density at radius 2 is 1.35 bits per heavy atom. The van der Waals surface area contributed by atoms with Gasteiger partial charge in [0.15, 0.2) is 41.7 Å². The normalized spacial score (nSPS) is 29.4. The minimum atomic E-state index is -6.19. The monoisotopic (exact) mass is 1190 g/mol. The number of carbonyl (C=O) groups excluding carboxylic acids is 1. The Morgan fingerprint density at radius 1 is 0.769 bits per heavy atom. The van der Waals surface area contributed by atoms with Gasteiger partial charge in [-0.2, -0.15) is 13.6 Å². The summed E-state index contributed by atoms with van der Waals surface area (Å²) in [5.41, 5.74) is 22.2. The Balaban J connectivity index is 1.02. The standard InChI is InChI=1S/C35H55N15O24P4/c1-13(36)44-30(54)18-27(38)49(11-43-18)33-21(52)20(51)14(69-33)7-66-75(56,57)72-24-16(71-34(25(24)65-6)50-12-42-17-26(37)40-10-41-28(17)50)9-68-77(60,61)74-78(62,63)73-76(58,59)67-8-15-23(64-5)22(53)32(70-15)48(4)29-19(47(2)3)31(55)46-35(39)45-29/h10-12,14-16,20-25,32-34,51-53H,1,7-9,36,38H2,2-6H3,(H,44,54)(H,56,57)(H,58,59)(H,60,61)(H,62,63)(H2,37,40,41)(H3,39,45,46,55). The fourth-order valence-corrected chi connectivity index (χ4v) is 12.7. The summed E-state index contributed by atoms with van der Waals surface area (Å²) in [5.74, 6) is -1.90. The highest BCUT2D eigenvalue weighted by Gasteiger charge is 2.54. The number of nitrogen functional groups attached to an aromatic ring is 3. The number of aromatic amines is 1. The van der Waals surface area contributed by atoms with Gasteiger partial charge >= 0.3 is 31.3 Å². The Kier molecular flexibility index (Phi) is 18.2. The van der Waals surface area contributed by atoms with Crippen LogP contribution in [0.3, 0.4) is 0 Å². The Bertz CT molecular complexity index is 3120. The zero-order valence-electron chi connectivity index (χ0n) is 41.2. The number of nitrogens with one attached hydrogen (secondary N) is 2. The van der Waals surface area contributed by atoms with E-state index in [1.165, 1.54) is 35.5 Å². The molecule has 0 spiro atoms. The van der Waals surface area contributed by atoms with E-state index in [2.05, 4.69) is 50.4 Å². The number of hydrogen-bond acceptors (Lipinski definition) is 31. The maximum absolute atomic E-state index is 13.7. The molecule has 1 amide bonds.